The molecule has 112 valence electrons. The van der Waals surface area contributed by atoms with Crippen LogP contribution in [0.5, 0.6) is 5.75 Å². The van der Waals surface area contributed by atoms with Gasteiger partial charge in [0.1, 0.15) is 17.5 Å². The van der Waals surface area contributed by atoms with Crippen molar-refractivity contribution in [1.29, 1.82) is 0 Å². The van der Waals surface area contributed by atoms with Crippen LogP contribution < -0.4 is 4.74 Å². The molecule has 2 heterocycles. The Morgan fingerprint density at radius 1 is 1.30 bits per heavy atom. The monoisotopic (exact) mass is 279 g/mol. The predicted octanol–water partition coefficient (Wildman–Crippen LogP) is 2.91. The minimum Gasteiger partial charge on any atom is -0.486 e. The van der Waals surface area contributed by atoms with Gasteiger partial charge in [0.05, 0.1) is 17.5 Å². The molecule has 0 aliphatic rings. The number of ether oxygens (including phenoxy) is 1. The maximum absolute atomic E-state index is 9.89. The van der Waals surface area contributed by atoms with Gasteiger partial charge in [-0.3, -0.25) is 0 Å². The Bertz CT molecular complexity index is 570. The fraction of sp³-hybridized carbons (Fsp3) is 0.600. The summed E-state index contributed by atoms with van der Waals surface area (Å²) in [7, 11) is 0. The van der Waals surface area contributed by atoms with Crippen molar-refractivity contribution in [1.82, 2.24) is 14.6 Å². The van der Waals surface area contributed by atoms with E-state index < -0.39 is 5.60 Å². The summed E-state index contributed by atoms with van der Waals surface area (Å²) >= 11 is 0. The molecule has 1 unspecified atom stereocenters. The zero-order chi connectivity index (χ0) is 15.5. The molecular formula is C15H25N3O2. The Balaban J connectivity index is 0.000000956. The normalized spacial score (nSPS) is 12.8. The molecule has 0 saturated carbocycles. The Morgan fingerprint density at radius 2 is 1.90 bits per heavy atom. The van der Waals surface area contributed by atoms with E-state index in [0.29, 0.717) is 5.75 Å². The molecule has 0 saturated heterocycles. The maximum Gasteiger partial charge on any atom is 0.157 e. The van der Waals surface area contributed by atoms with Crippen molar-refractivity contribution in [3.8, 4) is 5.75 Å². The lowest BCUT2D eigenvalue weighted by Gasteiger charge is -2.27. The average molecular weight is 279 g/mol. The molecule has 0 amide bonds. The van der Waals surface area contributed by atoms with E-state index in [-0.39, 0.29) is 6.10 Å². The Hall–Kier alpha value is -1.62. The lowest BCUT2D eigenvalue weighted by Crippen LogP contribution is -2.38. The summed E-state index contributed by atoms with van der Waals surface area (Å²) in [5.74, 6) is 0.655. The van der Waals surface area contributed by atoms with Crippen LogP contribution in [0.2, 0.25) is 0 Å². The highest BCUT2D eigenvalue weighted by atomic mass is 16.5. The number of rotatable bonds is 3. The van der Waals surface area contributed by atoms with Crippen molar-refractivity contribution in [3.63, 3.8) is 0 Å². The number of aliphatic hydroxyl groups is 1. The SMILES string of the molecule is CC.Cc1nn2c(C)cnc2cc1OC(C)C(C)(C)O. The fourth-order valence-electron chi connectivity index (χ4n) is 1.55. The van der Waals surface area contributed by atoms with Crippen LogP contribution in [-0.4, -0.2) is 31.4 Å². The van der Waals surface area contributed by atoms with Gasteiger partial charge in [-0.25, -0.2) is 9.50 Å². The summed E-state index contributed by atoms with van der Waals surface area (Å²) in [5.41, 5.74) is 1.61. The molecule has 20 heavy (non-hydrogen) atoms. The zero-order valence-electron chi connectivity index (χ0n) is 13.4. The molecule has 1 atom stereocenters. The molecule has 2 rings (SSSR count). The molecule has 0 aliphatic heterocycles. The first-order chi connectivity index (χ1) is 9.29. The van der Waals surface area contributed by atoms with Gasteiger partial charge >= 0.3 is 0 Å². The van der Waals surface area contributed by atoms with Gasteiger partial charge < -0.3 is 9.84 Å². The molecule has 0 bridgehead atoms. The lowest BCUT2D eigenvalue weighted by molar-refractivity contribution is -0.0245. The number of imidazole rings is 1. The number of nitrogens with zero attached hydrogens (tertiary/aromatic N) is 3. The van der Waals surface area contributed by atoms with Crippen molar-refractivity contribution < 1.29 is 9.84 Å². The zero-order valence-corrected chi connectivity index (χ0v) is 13.4. The van der Waals surface area contributed by atoms with Crippen LogP contribution >= 0.6 is 0 Å². The molecule has 0 aliphatic carbocycles. The highest BCUT2D eigenvalue weighted by molar-refractivity contribution is 5.46. The van der Waals surface area contributed by atoms with E-state index in [0.717, 1.165) is 17.0 Å². The van der Waals surface area contributed by atoms with Crippen molar-refractivity contribution >= 4 is 5.65 Å². The van der Waals surface area contributed by atoms with Gasteiger partial charge in [0.15, 0.2) is 5.65 Å². The highest BCUT2D eigenvalue weighted by Crippen LogP contribution is 2.22. The molecule has 0 spiro atoms. The van der Waals surface area contributed by atoms with E-state index in [4.69, 9.17) is 4.74 Å². The highest BCUT2D eigenvalue weighted by Gasteiger charge is 2.25. The first-order valence-electron chi connectivity index (χ1n) is 7.00. The second-order valence-corrected chi connectivity index (χ2v) is 5.18. The van der Waals surface area contributed by atoms with E-state index in [9.17, 15) is 5.11 Å². The summed E-state index contributed by atoms with van der Waals surface area (Å²) in [6.07, 6.45) is 1.45. The minimum atomic E-state index is -0.899. The summed E-state index contributed by atoms with van der Waals surface area (Å²) in [4.78, 5) is 4.25. The third kappa shape index (κ3) is 3.48. The summed E-state index contributed by atoms with van der Waals surface area (Å²) in [5, 5.41) is 14.3. The van der Waals surface area contributed by atoms with Crippen LogP contribution in [0.25, 0.3) is 5.65 Å². The molecule has 2 aromatic heterocycles. The van der Waals surface area contributed by atoms with Gasteiger partial charge in [0, 0.05) is 6.07 Å². The molecule has 0 fully saturated rings. The summed E-state index contributed by atoms with van der Waals surface area (Å²) in [6, 6.07) is 1.84. The number of hydrogen-bond acceptors (Lipinski definition) is 4. The van der Waals surface area contributed by atoms with Gasteiger partial charge in [-0.15, -0.1) is 0 Å². The lowest BCUT2D eigenvalue weighted by atomic mass is 10.0. The molecule has 5 nitrogen and oxygen atoms in total. The Kier molecular flexibility index (Phi) is 5.11. The standard InChI is InChI=1S/C13H19N3O2.C2H6/c1-8-7-14-12-6-11(9(2)15-16(8)12)18-10(3)13(4,5)17;1-2/h6-7,10,17H,1-5H3;1-2H3. The van der Waals surface area contributed by atoms with Gasteiger partial charge in [-0.1, -0.05) is 13.8 Å². The van der Waals surface area contributed by atoms with Crippen molar-refractivity contribution in [2.75, 3.05) is 0 Å². The van der Waals surface area contributed by atoms with Crippen molar-refractivity contribution in [3.05, 3.63) is 23.7 Å². The molecule has 1 N–H and O–H groups in total. The molecule has 2 aromatic rings. The van der Waals surface area contributed by atoms with Crippen molar-refractivity contribution in [2.24, 2.45) is 0 Å². The Labute approximate surface area is 120 Å². The van der Waals surface area contributed by atoms with E-state index in [2.05, 4.69) is 10.1 Å². The third-order valence-electron chi connectivity index (χ3n) is 3.10. The van der Waals surface area contributed by atoms with Crippen LogP contribution in [0.3, 0.4) is 0 Å². The van der Waals surface area contributed by atoms with Gasteiger partial charge in [-0.05, 0) is 34.6 Å². The van der Waals surface area contributed by atoms with Crippen LogP contribution in [-0.2, 0) is 0 Å². The maximum atomic E-state index is 9.89. The third-order valence-corrected chi connectivity index (χ3v) is 3.10. The van der Waals surface area contributed by atoms with Crippen LogP contribution in [0.1, 0.15) is 46.0 Å². The molecule has 5 heteroatoms. The minimum absolute atomic E-state index is 0.323. The largest absolute Gasteiger partial charge is 0.486 e. The van der Waals surface area contributed by atoms with Gasteiger partial charge in [0.25, 0.3) is 0 Å². The quantitative estimate of drug-likeness (QED) is 0.938. The van der Waals surface area contributed by atoms with E-state index in [1.165, 1.54) is 0 Å². The summed E-state index contributed by atoms with van der Waals surface area (Å²) in [6.45, 7) is 13.1. The van der Waals surface area contributed by atoms with Crippen LogP contribution in [0.4, 0.5) is 0 Å². The van der Waals surface area contributed by atoms with Crippen LogP contribution in [0, 0.1) is 13.8 Å². The first kappa shape index (κ1) is 16.4. The van der Waals surface area contributed by atoms with Gasteiger partial charge in [0.2, 0.25) is 0 Å². The number of fused-ring (bicyclic) bond motifs is 1. The average Bonchev–Trinajstić information content (AvgIpc) is 2.72. The van der Waals surface area contributed by atoms with Crippen molar-refractivity contribution in [2.45, 2.75) is 60.2 Å². The number of aromatic nitrogens is 3. The number of aryl methyl sites for hydroxylation is 2. The fourth-order valence-corrected chi connectivity index (χ4v) is 1.55. The first-order valence-corrected chi connectivity index (χ1v) is 7.00. The molecule has 0 radical (unpaired) electrons. The van der Waals surface area contributed by atoms with Gasteiger partial charge in [-0.2, -0.15) is 5.10 Å². The van der Waals surface area contributed by atoms with E-state index in [1.54, 1.807) is 24.6 Å². The second kappa shape index (κ2) is 6.22. The van der Waals surface area contributed by atoms with E-state index in [1.807, 2.05) is 40.7 Å². The predicted molar refractivity (Wildman–Crippen MR) is 80.2 cm³/mol. The number of hydrogen-bond donors (Lipinski definition) is 1. The van der Waals surface area contributed by atoms with E-state index >= 15 is 0 Å². The topological polar surface area (TPSA) is 59.7 Å². The molecule has 0 aromatic carbocycles. The Morgan fingerprint density at radius 3 is 2.45 bits per heavy atom. The second-order valence-electron chi connectivity index (χ2n) is 5.18. The summed E-state index contributed by atoms with van der Waals surface area (Å²) < 4.78 is 7.54. The smallest absolute Gasteiger partial charge is 0.157 e. The molecular weight excluding hydrogens is 254 g/mol. The van der Waals surface area contributed by atoms with Crippen LogP contribution in [0.15, 0.2) is 12.3 Å².